The minimum absolute atomic E-state index is 0.370. The average Bonchev–Trinajstić information content (AvgIpc) is 3.05. The number of benzene rings is 1. The molecule has 23 heavy (non-hydrogen) atoms. The number of aromatic nitrogens is 4. The van der Waals surface area contributed by atoms with Gasteiger partial charge in [-0.1, -0.05) is 29.8 Å². The first-order valence-electron chi connectivity index (χ1n) is 7.08. The van der Waals surface area contributed by atoms with Crippen LogP contribution in [-0.4, -0.2) is 33.8 Å². The van der Waals surface area contributed by atoms with Crippen LogP contribution in [0.3, 0.4) is 0 Å². The first-order valence-corrected chi connectivity index (χ1v) is 7.45. The molecule has 0 spiro atoms. The van der Waals surface area contributed by atoms with Gasteiger partial charge in [-0.2, -0.15) is 0 Å². The monoisotopic (exact) mass is 330 g/mol. The molecule has 0 saturated heterocycles. The third kappa shape index (κ3) is 3.57. The van der Waals surface area contributed by atoms with E-state index in [4.69, 9.17) is 16.0 Å². The van der Waals surface area contributed by atoms with E-state index in [-0.39, 0.29) is 0 Å². The van der Waals surface area contributed by atoms with Gasteiger partial charge in [0.2, 0.25) is 11.8 Å². The van der Waals surface area contributed by atoms with E-state index in [1.54, 1.807) is 7.05 Å². The van der Waals surface area contributed by atoms with Crippen LogP contribution in [0.2, 0.25) is 5.15 Å². The molecule has 0 unspecified atom stereocenters. The molecule has 118 valence electrons. The Kier molecular flexibility index (Phi) is 4.68. The Balaban J connectivity index is 1.62. The predicted molar refractivity (Wildman–Crippen MR) is 88.5 cm³/mol. The van der Waals surface area contributed by atoms with Gasteiger partial charge in [0, 0.05) is 25.6 Å². The van der Waals surface area contributed by atoms with Crippen molar-refractivity contribution in [2.75, 3.05) is 24.2 Å². The summed E-state index contributed by atoms with van der Waals surface area (Å²) >= 11 is 6.00. The molecule has 0 saturated carbocycles. The van der Waals surface area contributed by atoms with E-state index in [1.165, 1.54) is 6.33 Å². The molecule has 7 nitrogen and oxygen atoms in total. The van der Waals surface area contributed by atoms with E-state index in [9.17, 15) is 0 Å². The van der Waals surface area contributed by atoms with Gasteiger partial charge in [0.15, 0.2) is 11.0 Å². The van der Waals surface area contributed by atoms with E-state index in [0.29, 0.717) is 41.4 Å². The molecule has 0 amide bonds. The molecule has 2 N–H and O–H groups in total. The third-order valence-corrected chi connectivity index (χ3v) is 3.46. The minimum atomic E-state index is 0.370. The molecule has 0 aliphatic rings. The summed E-state index contributed by atoms with van der Waals surface area (Å²) in [5, 5.41) is 14.6. The number of hydrogen-bond donors (Lipinski definition) is 2. The molecule has 2 aromatic heterocycles. The zero-order chi connectivity index (χ0) is 16.1. The Morgan fingerprint density at radius 3 is 2.74 bits per heavy atom. The molecule has 0 aliphatic heterocycles. The van der Waals surface area contributed by atoms with Gasteiger partial charge in [0.05, 0.1) is 0 Å². The van der Waals surface area contributed by atoms with Crippen molar-refractivity contribution in [2.45, 2.75) is 6.42 Å². The van der Waals surface area contributed by atoms with Crippen molar-refractivity contribution >= 4 is 23.1 Å². The van der Waals surface area contributed by atoms with Crippen LogP contribution in [0, 0.1) is 0 Å². The van der Waals surface area contributed by atoms with Gasteiger partial charge in [0.1, 0.15) is 12.0 Å². The molecule has 0 radical (unpaired) electrons. The van der Waals surface area contributed by atoms with Crippen molar-refractivity contribution in [1.82, 2.24) is 20.2 Å². The van der Waals surface area contributed by atoms with E-state index in [1.807, 2.05) is 30.3 Å². The number of halogens is 1. The lowest BCUT2D eigenvalue weighted by atomic mass is 10.2. The Morgan fingerprint density at radius 2 is 1.96 bits per heavy atom. The number of anilines is 2. The van der Waals surface area contributed by atoms with Crippen molar-refractivity contribution in [2.24, 2.45) is 0 Å². The zero-order valence-corrected chi connectivity index (χ0v) is 13.2. The van der Waals surface area contributed by atoms with Crippen molar-refractivity contribution < 1.29 is 4.42 Å². The van der Waals surface area contributed by atoms with Crippen LogP contribution < -0.4 is 10.6 Å². The molecule has 1 aromatic carbocycles. The summed E-state index contributed by atoms with van der Waals surface area (Å²) in [5.41, 5.74) is 1.56. The highest BCUT2D eigenvalue weighted by Crippen LogP contribution is 2.25. The standard InChI is InChI=1S/C15H15ClN6O/c1-17-12-13(16)19-9-20-14(12)18-8-7-11-21-22-15(23-11)10-5-3-2-4-6-10/h2-6,9,17H,7-8H2,1H3,(H,18,19,20). The van der Waals surface area contributed by atoms with E-state index >= 15 is 0 Å². The summed E-state index contributed by atoms with van der Waals surface area (Å²) in [6.45, 7) is 0.582. The van der Waals surface area contributed by atoms with Crippen LogP contribution in [0.25, 0.3) is 11.5 Å². The normalized spacial score (nSPS) is 10.5. The van der Waals surface area contributed by atoms with Gasteiger partial charge in [-0.3, -0.25) is 0 Å². The maximum atomic E-state index is 6.00. The first kappa shape index (κ1) is 15.2. The van der Waals surface area contributed by atoms with E-state index in [2.05, 4.69) is 30.8 Å². The van der Waals surface area contributed by atoms with Gasteiger partial charge in [-0.15, -0.1) is 10.2 Å². The second kappa shape index (κ2) is 7.06. The SMILES string of the molecule is CNc1c(Cl)ncnc1NCCc1nnc(-c2ccccc2)o1. The fourth-order valence-corrected chi connectivity index (χ4v) is 2.29. The number of nitrogens with zero attached hydrogens (tertiary/aromatic N) is 4. The highest BCUT2D eigenvalue weighted by Gasteiger charge is 2.10. The van der Waals surface area contributed by atoms with Crippen LogP contribution in [0.15, 0.2) is 41.1 Å². The third-order valence-electron chi connectivity index (χ3n) is 3.17. The molecule has 2 heterocycles. The van der Waals surface area contributed by atoms with Crippen LogP contribution in [0.4, 0.5) is 11.5 Å². The summed E-state index contributed by atoms with van der Waals surface area (Å²) in [7, 11) is 1.76. The summed E-state index contributed by atoms with van der Waals surface area (Å²) in [6.07, 6.45) is 1.98. The van der Waals surface area contributed by atoms with E-state index < -0.39 is 0 Å². The predicted octanol–water partition coefficient (Wildman–Crippen LogP) is 2.88. The summed E-state index contributed by atoms with van der Waals surface area (Å²) in [4.78, 5) is 8.08. The molecule has 0 fully saturated rings. The van der Waals surface area contributed by atoms with Gasteiger partial charge in [-0.05, 0) is 12.1 Å². The van der Waals surface area contributed by atoms with Gasteiger partial charge < -0.3 is 15.1 Å². The lowest BCUT2D eigenvalue weighted by molar-refractivity contribution is 0.509. The molecule has 0 aliphatic carbocycles. The Bertz CT molecular complexity index is 777. The maximum absolute atomic E-state index is 6.00. The largest absolute Gasteiger partial charge is 0.421 e. The smallest absolute Gasteiger partial charge is 0.247 e. The number of rotatable bonds is 6. The number of nitrogens with one attached hydrogen (secondary N) is 2. The Hall–Kier alpha value is -2.67. The summed E-state index contributed by atoms with van der Waals surface area (Å²) in [5.74, 6) is 1.71. The molecule has 3 rings (SSSR count). The quantitative estimate of drug-likeness (QED) is 0.672. The van der Waals surface area contributed by atoms with Gasteiger partial charge >= 0.3 is 0 Å². The molecule has 8 heteroatoms. The van der Waals surface area contributed by atoms with E-state index in [0.717, 1.165) is 5.56 Å². The number of hydrogen-bond acceptors (Lipinski definition) is 7. The first-order chi connectivity index (χ1) is 11.3. The topological polar surface area (TPSA) is 88.8 Å². The summed E-state index contributed by atoms with van der Waals surface area (Å²) < 4.78 is 5.65. The fraction of sp³-hybridized carbons (Fsp3) is 0.200. The highest BCUT2D eigenvalue weighted by atomic mass is 35.5. The molecule has 0 atom stereocenters. The van der Waals surface area contributed by atoms with Crippen LogP contribution >= 0.6 is 11.6 Å². The van der Waals surface area contributed by atoms with Crippen molar-refractivity contribution in [1.29, 1.82) is 0 Å². The van der Waals surface area contributed by atoms with Crippen LogP contribution in [0.1, 0.15) is 5.89 Å². The molecular weight excluding hydrogens is 316 g/mol. The second-order valence-corrected chi connectivity index (χ2v) is 5.04. The summed E-state index contributed by atoms with van der Waals surface area (Å²) in [6, 6.07) is 9.66. The molecule has 0 bridgehead atoms. The van der Waals surface area contributed by atoms with Crippen LogP contribution in [-0.2, 0) is 6.42 Å². The van der Waals surface area contributed by atoms with Crippen molar-refractivity contribution in [3.8, 4) is 11.5 Å². The fourth-order valence-electron chi connectivity index (χ4n) is 2.06. The second-order valence-electron chi connectivity index (χ2n) is 4.68. The zero-order valence-electron chi connectivity index (χ0n) is 12.5. The highest BCUT2D eigenvalue weighted by molar-refractivity contribution is 6.32. The lowest BCUT2D eigenvalue weighted by Crippen LogP contribution is -2.09. The Labute approximate surface area is 138 Å². The van der Waals surface area contributed by atoms with Gasteiger partial charge in [-0.25, -0.2) is 9.97 Å². The van der Waals surface area contributed by atoms with Gasteiger partial charge in [0.25, 0.3) is 0 Å². The minimum Gasteiger partial charge on any atom is -0.421 e. The van der Waals surface area contributed by atoms with Crippen LogP contribution in [0.5, 0.6) is 0 Å². The lowest BCUT2D eigenvalue weighted by Gasteiger charge is -2.10. The molecule has 3 aromatic rings. The van der Waals surface area contributed by atoms with Crippen molar-refractivity contribution in [3.63, 3.8) is 0 Å². The maximum Gasteiger partial charge on any atom is 0.247 e. The average molecular weight is 331 g/mol. The van der Waals surface area contributed by atoms with Crippen molar-refractivity contribution in [3.05, 3.63) is 47.7 Å². The molecular formula is C15H15ClN6O. The Morgan fingerprint density at radius 1 is 1.13 bits per heavy atom.